The molecule has 0 saturated heterocycles. The van der Waals surface area contributed by atoms with E-state index in [4.69, 9.17) is 9.90 Å². The monoisotopic (exact) mass is 156 g/mol. The van der Waals surface area contributed by atoms with Gasteiger partial charge in [-0.15, -0.1) is 0 Å². The summed E-state index contributed by atoms with van der Waals surface area (Å²) >= 11 is 1.22. The molecular formula is C5H8MgO4. The number of carboxylic acid groups (broad SMARTS) is 1. The molecule has 0 bridgehead atoms. The SMILES string of the molecule is CC(=O)[O-].CCO[C](=O)[Mg+]. The van der Waals surface area contributed by atoms with Crippen LogP contribution in [0.1, 0.15) is 13.8 Å². The number of carbonyl (C=O) groups is 2. The fourth-order valence-electron chi connectivity index (χ4n) is 0.161. The van der Waals surface area contributed by atoms with Crippen LogP contribution in [0.2, 0.25) is 0 Å². The van der Waals surface area contributed by atoms with Crippen molar-refractivity contribution in [3.63, 3.8) is 0 Å². The van der Waals surface area contributed by atoms with Crippen molar-refractivity contribution in [1.82, 2.24) is 0 Å². The molecule has 0 spiro atoms. The molecule has 0 saturated carbocycles. The van der Waals surface area contributed by atoms with E-state index in [0.29, 0.717) is 6.61 Å². The molecule has 0 aromatic carbocycles. The van der Waals surface area contributed by atoms with Gasteiger partial charge >= 0.3 is 48.9 Å². The summed E-state index contributed by atoms with van der Waals surface area (Å²) in [6, 6.07) is 0. The average molecular weight is 156 g/mol. The number of rotatable bonds is 1. The molecule has 54 valence electrons. The van der Waals surface area contributed by atoms with E-state index in [1.54, 1.807) is 6.92 Å². The first-order valence-electron chi connectivity index (χ1n) is 2.67. The molecule has 0 radical (unpaired) electrons. The molecule has 0 aromatic heterocycles. The van der Waals surface area contributed by atoms with Crippen molar-refractivity contribution in [3.05, 3.63) is 0 Å². The summed E-state index contributed by atoms with van der Waals surface area (Å²) in [5.41, 5.74) is 0. The van der Waals surface area contributed by atoms with Gasteiger partial charge in [-0.25, -0.2) is 0 Å². The van der Waals surface area contributed by atoms with Crippen LogP contribution in [0, 0.1) is 0 Å². The first-order valence-corrected chi connectivity index (χ1v) is 3.37. The Kier molecular flexibility index (Phi) is 10.8. The number of ether oxygens (including phenoxy) is 1. The van der Waals surface area contributed by atoms with Crippen LogP contribution in [0.3, 0.4) is 0 Å². The van der Waals surface area contributed by atoms with Gasteiger partial charge in [0.15, 0.2) is 0 Å². The second kappa shape index (κ2) is 8.71. The van der Waals surface area contributed by atoms with Gasteiger partial charge in [0.05, 0.1) is 0 Å². The van der Waals surface area contributed by atoms with E-state index >= 15 is 0 Å². The predicted molar refractivity (Wildman–Crippen MR) is 33.5 cm³/mol. The topological polar surface area (TPSA) is 66.4 Å². The minimum atomic E-state index is -1.08. The Morgan fingerprint density at radius 1 is 1.60 bits per heavy atom. The number of aliphatic carboxylic acids is 1. The van der Waals surface area contributed by atoms with Crippen LogP contribution in [0.15, 0.2) is 0 Å². The van der Waals surface area contributed by atoms with Crippen molar-refractivity contribution in [2.75, 3.05) is 6.61 Å². The van der Waals surface area contributed by atoms with E-state index in [9.17, 15) is 4.79 Å². The average Bonchev–Trinajstić information content (AvgIpc) is 1.62. The molecule has 0 aliphatic heterocycles. The predicted octanol–water partition coefficient (Wildman–Crippen LogP) is -0.932. The molecule has 0 aliphatic carbocycles. The zero-order valence-corrected chi connectivity index (χ0v) is 7.46. The van der Waals surface area contributed by atoms with E-state index in [2.05, 4.69) is 4.74 Å². The van der Waals surface area contributed by atoms with Crippen LogP contribution >= 0.6 is 0 Å². The molecule has 10 heavy (non-hydrogen) atoms. The second-order valence-electron chi connectivity index (χ2n) is 1.30. The second-order valence-corrected chi connectivity index (χ2v) is 1.87. The van der Waals surface area contributed by atoms with E-state index in [1.807, 2.05) is 0 Å². The zero-order chi connectivity index (χ0) is 8.57. The first kappa shape index (κ1) is 12.4. The fraction of sp³-hybridized carbons (Fsp3) is 0.600. The molecule has 0 aromatic rings. The van der Waals surface area contributed by atoms with Crippen molar-refractivity contribution in [2.45, 2.75) is 13.8 Å². The molecule has 0 rings (SSSR count). The molecular weight excluding hydrogens is 148 g/mol. The number of hydrogen-bond donors (Lipinski definition) is 0. The summed E-state index contributed by atoms with van der Waals surface area (Å²) < 4.78 is 4.23. The maximum absolute atomic E-state index is 9.83. The van der Waals surface area contributed by atoms with Crippen LogP contribution in [0.5, 0.6) is 0 Å². The van der Waals surface area contributed by atoms with Crippen molar-refractivity contribution < 1.29 is 19.4 Å². The third kappa shape index (κ3) is 47.3. The summed E-state index contributed by atoms with van der Waals surface area (Å²) in [7, 11) is 0. The fourth-order valence-corrected chi connectivity index (χ4v) is 0.365. The van der Waals surface area contributed by atoms with E-state index < -0.39 is 5.97 Å². The molecule has 4 nitrogen and oxygen atoms in total. The van der Waals surface area contributed by atoms with Crippen molar-refractivity contribution >= 4 is 31.8 Å². The van der Waals surface area contributed by atoms with E-state index in [1.165, 1.54) is 21.7 Å². The summed E-state index contributed by atoms with van der Waals surface area (Å²) in [4.78, 5) is 18.7. The van der Waals surface area contributed by atoms with Gasteiger partial charge in [-0.1, -0.05) is 0 Å². The Bertz CT molecular complexity index is 108. The van der Waals surface area contributed by atoms with Crippen molar-refractivity contribution in [2.24, 2.45) is 0 Å². The zero-order valence-electron chi connectivity index (χ0n) is 6.05. The minimum absolute atomic E-state index is 0.183. The summed E-state index contributed by atoms with van der Waals surface area (Å²) in [5.74, 6) is -1.08. The van der Waals surface area contributed by atoms with Gasteiger partial charge in [0.2, 0.25) is 0 Å². The Morgan fingerprint density at radius 3 is 1.90 bits per heavy atom. The normalized spacial score (nSPS) is 7.20. The molecule has 0 aliphatic rings. The van der Waals surface area contributed by atoms with E-state index in [-0.39, 0.29) is 4.10 Å². The molecule has 0 amide bonds. The molecule has 0 N–H and O–H groups in total. The number of hydrogen-bond acceptors (Lipinski definition) is 4. The Morgan fingerprint density at radius 2 is 1.90 bits per heavy atom. The maximum atomic E-state index is 9.83. The number of carboxylic acids is 1. The van der Waals surface area contributed by atoms with Gasteiger partial charge in [0.25, 0.3) is 0 Å². The third-order valence-corrected chi connectivity index (χ3v) is 0.509. The molecule has 0 fully saturated rings. The van der Waals surface area contributed by atoms with Gasteiger partial charge in [-0.2, -0.15) is 0 Å². The van der Waals surface area contributed by atoms with E-state index in [0.717, 1.165) is 6.92 Å². The first-order chi connectivity index (χ1) is 4.50. The summed E-state index contributed by atoms with van der Waals surface area (Å²) in [6.45, 7) is 3.24. The standard InChI is InChI=1S/C3H5O2.C2H4O2.Mg/c1-2-5-3-4;1-2(3)4;/h2H2,1H3;1H3,(H,3,4);/q;;+1/p-1. The van der Waals surface area contributed by atoms with Crippen molar-refractivity contribution in [1.29, 1.82) is 0 Å². The van der Waals surface area contributed by atoms with Crippen LogP contribution in [0.25, 0.3) is 0 Å². The molecule has 0 heterocycles. The Hall–Kier alpha value is -0.294. The van der Waals surface area contributed by atoms with Crippen molar-refractivity contribution in [3.8, 4) is 0 Å². The Balaban J connectivity index is 0. The van der Waals surface area contributed by atoms with Gasteiger partial charge in [-0.3, -0.25) is 0 Å². The molecule has 0 atom stereocenters. The van der Waals surface area contributed by atoms with Gasteiger partial charge in [-0.05, 0) is 6.92 Å². The summed E-state index contributed by atoms with van der Waals surface area (Å²) in [6.07, 6.45) is 0. The number of carbonyl (C=O) groups excluding carboxylic acids is 2. The Labute approximate surface area is 72.0 Å². The van der Waals surface area contributed by atoms with Crippen LogP contribution in [0.4, 0.5) is 4.79 Å². The molecule has 5 heteroatoms. The third-order valence-electron chi connectivity index (χ3n) is 0.305. The van der Waals surface area contributed by atoms with Crippen LogP contribution in [-0.4, -0.2) is 38.4 Å². The quantitative estimate of drug-likeness (QED) is 0.460. The van der Waals surface area contributed by atoms with Gasteiger partial charge in [0, 0.05) is 5.97 Å². The molecule has 0 unspecified atom stereocenters. The van der Waals surface area contributed by atoms with Crippen LogP contribution in [-0.2, 0) is 9.53 Å². The van der Waals surface area contributed by atoms with Gasteiger partial charge in [0.1, 0.15) is 0 Å². The summed E-state index contributed by atoms with van der Waals surface area (Å²) in [5, 5.41) is 8.89. The van der Waals surface area contributed by atoms with Gasteiger partial charge < -0.3 is 9.90 Å². The van der Waals surface area contributed by atoms with Crippen LogP contribution < -0.4 is 5.11 Å².